The number of hydrogen-bond acceptors (Lipinski definition) is 17. The van der Waals surface area contributed by atoms with Gasteiger partial charge in [-0.1, -0.05) is 24.3 Å². The van der Waals surface area contributed by atoms with Gasteiger partial charge in [-0.05, 0) is 79.9 Å². The fraction of sp³-hybridized carbons (Fsp3) is 0.551. The van der Waals surface area contributed by atoms with Gasteiger partial charge in [-0.2, -0.15) is 10.2 Å². The molecule has 4 unspecified atom stereocenters. The molecular formula is C49H59F3N10O10. The van der Waals surface area contributed by atoms with Crippen LogP contribution in [0.2, 0.25) is 0 Å². The number of fused-ring (bicyclic) bond motifs is 1. The molecule has 23 heteroatoms. The lowest BCUT2D eigenvalue weighted by Crippen LogP contribution is -2.60. The average molecular weight is 1010 g/mol. The minimum atomic E-state index is -4.82. The number of alkyl halides is 3. The zero-order chi connectivity index (χ0) is 50.7. The highest BCUT2D eigenvalue weighted by Gasteiger charge is 2.55. The lowest BCUT2D eigenvalue weighted by atomic mass is 9.48. The third-order valence-electron chi connectivity index (χ3n) is 13.8. The van der Waals surface area contributed by atoms with Gasteiger partial charge in [0.25, 0.3) is 11.8 Å². The Morgan fingerprint density at radius 3 is 2.24 bits per heavy atom. The Morgan fingerprint density at radius 1 is 0.847 bits per heavy atom. The molecule has 0 radical (unpaired) electrons. The van der Waals surface area contributed by atoms with Crippen molar-refractivity contribution >= 4 is 47.0 Å². The molecule has 3 heterocycles. The number of aromatic nitrogens is 2. The van der Waals surface area contributed by atoms with Crippen molar-refractivity contribution in [3.63, 3.8) is 0 Å². The van der Waals surface area contributed by atoms with E-state index in [1.54, 1.807) is 18.2 Å². The summed E-state index contributed by atoms with van der Waals surface area (Å²) in [6, 6.07) is 12.0. The van der Waals surface area contributed by atoms with Crippen molar-refractivity contribution in [3.8, 4) is 11.8 Å². The first-order valence-corrected chi connectivity index (χ1v) is 24.3. The fourth-order valence-corrected chi connectivity index (χ4v) is 11.0. The van der Waals surface area contributed by atoms with Gasteiger partial charge in [0.15, 0.2) is 0 Å². The van der Waals surface area contributed by atoms with Crippen LogP contribution in [0.1, 0.15) is 76.8 Å². The Balaban J connectivity index is 0.637. The van der Waals surface area contributed by atoms with Crippen molar-refractivity contribution in [2.24, 2.45) is 23.2 Å². The first kappa shape index (κ1) is 51.9. The van der Waals surface area contributed by atoms with E-state index in [4.69, 9.17) is 18.9 Å². The van der Waals surface area contributed by atoms with Gasteiger partial charge < -0.3 is 50.3 Å². The van der Waals surface area contributed by atoms with Crippen molar-refractivity contribution in [2.75, 3.05) is 95.0 Å². The van der Waals surface area contributed by atoms with Crippen molar-refractivity contribution in [2.45, 2.75) is 69.9 Å². The quantitative estimate of drug-likeness (QED) is 0.0470. The highest BCUT2D eigenvalue weighted by molar-refractivity contribution is 6.25. The average Bonchev–Trinajstić information content (AvgIpc) is 3.60. The van der Waals surface area contributed by atoms with E-state index in [1.807, 2.05) is 0 Å². The van der Waals surface area contributed by atoms with E-state index in [1.165, 1.54) is 43.3 Å². The molecule has 72 heavy (non-hydrogen) atoms. The fourth-order valence-electron chi connectivity index (χ4n) is 11.0. The number of benzene rings is 2. The smallest absolute Gasteiger partial charge is 0.405 e. The van der Waals surface area contributed by atoms with Gasteiger partial charge >= 0.3 is 6.36 Å². The molecule has 4 saturated carbocycles. The molecule has 20 nitrogen and oxygen atoms in total. The summed E-state index contributed by atoms with van der Waals surface area (Å²) < 4.78 is 65.5. The first-order chi connectivity index (χ1) is 34.8. The number of carbonyl (C=O) groups is 5. The van der Waals surface area contributed by atoms with Gasteiger partial charge in [-0.15, -0.1) is 13.2 Å². The topological polar surface area (TPSA) is 256 Å². The van der Waals surface area contributed by atoms with Crippen LogP contribution in [0.15, 0.2) is 48.7 Å². The van der Waals surface area contributed by atoms with Crippen LogP contribution >= 0.6 is 0 Å². The summed E-state index contributed by atoms with van der Waals surface area (Å²) in [5.74, 6) is -0.812. The molecule has 2 aliphatic heterocycles. The number of nitrogens with one attached hydrogen (secondary N) is 6. The van der Waals surface area contributed by atoms with E-state index in [-0.39, 0.29) is 84.5 Å². The van der Waals surface area contributed by atoms with Crippen LogP contribution in [0.4, 0.5) is 30.6 Å². The Bertz CT molecular complexity index is 2480. The molecule has 9 rings (SSSR count). The maximum atomic E-state index is 13.2. The van der Waals surface area contributed by atoms with E-state index in [0.717, 1.165) is 30.7 Å². The van der Waals surface area contributed by atoms with Crippen LogP contribution < -0.4 is 36.6 Å². The van der Waals surface area contributed by atoms with Crippen LogP contribution in [0.3, 0.4) is 0 Å². The zero-order valence-electron chi connectivity index (χ0n) is 39.7. The molecule has 1 aromatic heterocycles. The molecule has 5 fully saturated rings. The summed E-state index contributed by atoms with van der Waals surface area (Å²) in [4.78, 5) is 72.3. The Morgan fingerprint density at radius 2 is 1.54 bits per heavy atom. The third-order valence-corrected chi connectivity index (χ3v) is 13.8. The number of anilines is 3. The van der Waals surface area contributed by atoms with Crippen molar-refractivity contribution in [1.82, 2.24) is 30.8 Å². The van der Waals surface area contributed by atoms with Crippen molar-refractivity contribution < 1.29 is 60.8 Å². The third kappa shape index (κ3) is 13.1. The number of imide groups is 2. The van der Waals surface area contributed by atoms with Crippen LogP contribution in [-0.2, 0) is 39.9 Å². The molecule has 3 aromatic rings. The summed E-state index contributed by atoms with van der Waals surface area (Å²) in [5.41, 5.74) is 1.12. The second kappa shape index (κ2) is 23.8. The van der Waals surface area contributed by atoms with Crippen LogP contribution in [0.25, 0.3) is 0 Å². The normalized spacial score (nSPS) is 23.1. The number of para-hydroxylation sites is 1. The monoisotopic (exact) mass is 1000 g/mol. The molecule has 1 saturated heterocycles. The predicted octanol–water partition coefficient (Wildman–Crippen LogP) is 3.75. The van der Waals surface area contributed by atoms with Crippen molar-refractivity contribution in [1.29, 1.82) is 5.26 Å². The second-order valence-corrected chi connectivity index (χ2v) is 18.7. The van der Waals surface area contributed by atoms with E-state index in [0.29, 0.717) is 88.0 Å². The number of nitriles is 1. The van der Waals surface area contributed by atoms with Gasteiger partial charge in [0, 0.05) is 49.9 Å². The molecule has 386 valence electrons. The molecule has 6 aliphatic rings. The number of piperidine rings is 1. The summed E-state index contributed by atoms with van der Waals surface area (Å²) in [6.07, 6.45) is 2.27. The summed E-state index contributed by atoms with van der Waals surface area (Å²) >= 11 is 0. The predicted molar refractivity (Wildman–Crippen MR) is 251 cm³/mol. The van der Waals surface area contributed by atoms with Crippen LogP contribution in [-0.4, -0.2) is 142 Å². The van der Waals surface area contributed by atoms with Crippen LogP contribution in [0, 0.1) is 34.5 Å². The highest BCUT2D eigenvalue weighted by Crippen LogP contribution is 2.60. The second-order valence-electron chi connectivity index (χ2n) is 18.7. The molecule has 2 aromatic carbocycles. The summed E-state index contributed by atoms with van der Waals surface area (Å²) in [6.45, 7) is 4.63. The summed E-state index contributed by atoms with van der Waals surface area (Å²) in [5, 5.41) is 27.8. The summed E-state index contributed by atoms with van der Waals surface area (Å²) in [7, 11) is 0. The Kier molecular flexibility index (Phi) is 17.2. The number of carbonyl (C=O) groups excluding carboxylic acids is 5. The zero-order valence-corrected chi connectivity index (χ0v) is 39.7. The maximum Gasteiger partial charge on any atom is 0.573 e. The minimum absolute atomic E-state index is 0.0100. The molecule has 0 spiro atoms. The number of ether oxygens (including phenoxy) is 5. The number of halogens is 3. The number of nitrogens with zero attached hydrogens (tertiary/aromatic N) is 4. The SMILES string of the molecule is N#Cc1cnc(NCc2ccccc2OC(F)(F)F)nc1NCC12CC3C[C@H](C1)C(NCCOCCOCCOCCOCCNC(=O)CNc1cccc4c1C(=O)N(C1CCC(=O)NC1=O)C4=O)[C@@H](C3)C2. The standard InChI is InChI=1S/C49H59F3N10O10/c50-49(51,52)72-38-7-2-1-4-31(38)26-57-47-58-27-34(25-53)43(61-47)59-29-48-22-30-20-32(23-48)42(33(21-30)24-48)55-11-13-69-15-17-71-19-18-70-16-14-68-12-10-54-40(64)28-56-36-6-3-5-35-41(36)46(67)62(45(35)66)37-8-9-39(63)60-44(37)65/h1-7,27,30,32-33,37,42,55-56H,8-24,26,28-29H2,(H,54,64)(H,60,63,65)(H2,57,58,59,61)/t30?,32-,33+,37?,42?,48?. The van der Waals surface area contributed by atoms with Crippen molar-refractivity contribution in [3.05, 3.63) is 70.9 Å². The van der Waals surface area contributed by atoms with Gasteiger partial charge in [0.05, 0.1) is 76.7 Å². The lowest BCUT2D eigenvalue weighted by Gasteiger charge is -2.60. The molecule has 4 aliphatic carbocycles. The molecule has 5 amide bonds. The van der Waals surface area contributed by atoms with E-state index < -0.39 is 36.0 Å². The minimum Gasteiger partial charge on any atom is -0.405 e. The highest BCUT2D eigenvalue weighted by atomic mass is 19.4. The molecule has 6 N–H and O–H groups in total. The van der Waals surface area contributed by atoms with Gasteiger partial charge in [0.1, 0.15) is 29.2 Å². The van der Waals surface area contributed by atoms with E-state index in [2.05, 4.69) is 52.7 Å². The number of hydrogen-bond donors (Lipinski definition) is 6. The van der Waals surface area contributed by atoms with E-state index in [9.17, 15) is 42.4 Å². The number of rotatable bonds is 27. The van der Waals surface area contributed by atoms with Crippen LogP contribution in [0.5, 0.6) is 5.75 Å². The largest absolute Gasteiger partial charge is 0.573 e. The van der Waals surface area contributed by atoms with Gasteiger partial charge in [-0.3, -0.25) is 34.2 Å². The number of amides is 5. The Labute approximate surface area is 413 Å². The first-order valence-electron chi connectivity index (χ1n) is 24.3. The molecule has 6 atom stereocenters. The van der Waals surface area contributed by atoms with E-state index >= 15 is 0 Å². The molecular weight excluding hydrogens is 946 g/mol. The molecule has 4 bridgehead atoms. The van der Waals surface area contributed by atoms with Gasteiger partial charge in [-0.25, -0.2) is 4.98 Å². The Hall–Kier alpha value is -6.45. The lowest BCUT2D eigenvalue weighted by molar-refractivity contribution is -0.274. The maximum absolute atomic E-state index is 13.2. The van der Waals surface area contributed by atoms with Gasteiger partial charge in [0.2, 0.25) is 23.7 Å².